The summed E-state index contributed by atoms with van der Waals surface area (Å²) in [5, 5.41) is 18.7. The second-order valence-corrected chi connectivity index (χ2v) is 7.13. The van der Waals surface area contributed by atoms with Crippen molar-refractivity contribution in [2.24, 2.45) is 7.05 Å². The standard InChI is InChI=1S/C13H21N7OS/c1-7(10-17-18-11(14)22-10)15-12(21)16-9-6-8(13(2,3)4)19-20(9)5/h6-7H,1-5H3,(H2,14,18)(H2,15,16,21)/t7-/m1/s1. The van der Waals surface area contributed by atoms with Gasteiger partial charge in [0, 0.05) is 18.5 Å². The quantitative estimate of drug-likeness (QED) is 0.800. The second-order valence-electron chi connectivity index (χ2n) is 6.09. The number of nitrogens with one attached hydrogen (secondary N) is 2. The highest BCUT2D eigenvalue weighted by atomic mass is 32.1. The molecule has 1 atom stereocenters. The van der Waals surface area contributed by atoms with Crippen molar-refractivity contribution >= 4 is 28.3 Å². The van der Waals surface area contributed by atoms with Crippen molar-refractivity contribution in [1.82, 2.24) is 25.3 Å². The summed E-state index contributed by atoms with van der Waals surface area (Å²) in [6.07, 6.45) is 0. The Morgan fingerprint density at radius 2 is 2.09 bits per heavy atom. The zero-order valence-corrected chi connectivity index (χ0v) is 14.2. The predicted octanol–water partition coefficient (Wildman–Crippen LogP) is 2.03. The van der Waals surface area contributed by atoms with Crippen LogP contribution in [0.5, 0.6) is 0 Å². The normalized spacial score (nSPS) is 13.0. The van der Waals surface area contributed by atoms with Crippen molar-refractivity contribution in [3.63, 3.8) is 0 Å². The summed E-state index contributed by atoms with van der Waals surface area (Å²) in [6.45, 7) is 8.03. The molecule has 0 spiro atoms. The molecule has 22 heavy (non-hydrogen) atoms. The highest BCUT2D eigenvalue weighted by Gasteiger charge is 2.20. The maximum absolute atomic E-state index is 12.1. The van der Waals surface area contributed by atoms with Gasteiger partial charge in [0.05, 0.1) is 11.7 Å². The molecule has 0 unspecified atom stereocenters. The van der Waals surface area contributed by atoms with Crippen molar-refractivity contribution in [1.29, 1.82) is 0 Å². The fraction of sp³-hybridized carbons (Fsp3) is 0.538. The first kappa shape index (κ1) is 16.2. The van der Waals surface area contributed by atoms with E-state index in [2.05, 4.69) is 46.7 Å². The van der Waals surface area contributed by atoms with Crippen LogP contribution < -0.4 is 16.4 Å². The zero-order valence-electron chi connectivity index (χ0n) is 13.3. The number of nitrogen functional groups attached to an aromatic ring is 1. The first-order valence-electron chi connectivity index (χ1n) is 6.87. The Balaban J connectivity index is 2.02. The number of aromatic nitrogens is 4. The van der Waals surface area contributed by atoms with Gasteiger partial charge in [-0.05, 0) is 6.92 Å². The molecule has 0 aliphatic carbocycles. The molecule has 0 aliphatic heterocycles. The fourth-order valence-corrected chi connectivity index (χ4v) is 2.40. The molecule has 0 aliphatic rings. The van der Waals surface area contributed by atoms with E-state index in [0.717, 1.165) is 5.69 Å². The van der Waals surface area contributed by atoms with E-state index in [-0.39, 0.29) is 17.5 Å². The van der Waals surface area contributed by atoms with E-state index >= 15 is 0 Å². The number of rotatable bonds is 3. The van der Waals surface area contributed by atoms with Crippen LogP contribution in [-0.4, -0.2) is 26.0 Å². The number of nitrogens with zero attached hydrogens (tertiary/aromatic N) is 4. The minimum absolute atomic E-state index is 0.0778. The van der Waals surface area contributed by atoms with Crippen LogP contribution in [-0.2, 0) is 12.5 Å². The maximum Gasteiger partial charge on any atom is 0.320 e. The van der Waals surface area contributed by atoms with Crippen molar-refractivity contribution in [2.75, 3.05) is 11.1 Å². The highest BCUT2D eigenvalue weighted by Crippen LogP contribution is 2.23. The highest BCUT2D eigenvalue weighted by molar-refractivity contribution is 7.15. The third-order valence-corrected chi connectivity index (χ3v) is 4.00. The average Bonchev–Trinajstić information content (AvgIpc) is 2.96. The van der Waals surface area contributed by atoms with Crippen molar-refractivity contribution in [3.05, 3.63) is 16.8 Å². The topological polar surface area (TPSA) is 111 Å². The summed E-state index contributed by atoms with van der Waals surface area (Å²) in [4.78, 5) is 12.1. The van der Waals surface area contributed by atoms with Gasteiger partial charge in [0.15, 0.2) is 0 Å². The van der Waals surface area contributed by atoms with Crippen LogP contribution >= 0.6 is 11.3 Å². The molecule has 2 amide bonds. The lowest BCUT2D eigenvalue weighted by Crippen LogP contribution is -2.31. The minimum atomic E-state index is -0.329. The van der Waals surface area contributed by atoms with E-state index in [1.54, 1.807) is 11.7 Å². The van der Waals surface area contributed by atoms with E-state index in [1.165, 1.54) is 11.3 Å². The molecule has 9 heteroatoms. The van der Waals surface area contributed by atoms with E-state index in [4.69, 9.17) is 5.73 Å². The Kier molecular flexibility index (Phi) is 4.36. The molecule has 0 radical (unpaired) electrons. The van der Waals surface area contributed by atoms with Crippen LogP contribution in [0.15, 0.2) is 6.07 Å². The second kappa shape index (κ2) is 5.91. The van der Waals surface area contributed by atoms with E-state index in [9.17, 15) is 4.79 Å². The maximum atomic E-state index is 12.1. The number of anilines is 2. The van der Waals surface area contributed by atoms with E-state index in [1.807, 2.05) is 13.0 Å². The summed E-state index contributed by atoms with van der Waals surface area (Å²) in [5.41, 5.74) is 6.37. The van der Waals surface area contributed by atoms with Crippen LogP contribution in [0.4, 0.5) is 15.7 Å². The number of amides is 2. The largest absolute Gasteiger partial charge is 0.374 e. The lowest BCUT2D eigenvalue weighted by Gasteiger charge is -2.13. The summed E-state index contributed by atoms with van der Waals surface area (Å²) < 4.78 is 1.65. The lowest BCUT2D eigenvalue weighted by atomic mass is 9.92. The summed E-state index contributed by atoms with van der Waals surface area (Å²) in [6, 6.07) is 1.27. The first-order valence-corrected chi connectivity index (χ1v) is 7.69. The molecule has 0 saturated carbocycles. The van der Waals surface area contributed by atoms with Crippen LogP contribution in [0, 0.1) is 0 Å². The fourth-order valence-electron chi connectivity index (χ4n) is 1.78. The third kappa shape index (κ3) is 3.73. The van der Waals surface area contributed by atoms with Gasteiger partial charge in [0.2, 0.25) is 5.13 Å². The van der Waals surface area contributed by atoms with Gasteiger partial charge in [-0.2, -0.15) is 5.10 Å². The minimum Gasteiger partial charge on any atom is -0.374 e. The molecule has 0 fully saturated rings. The van der Waals surface area contributed by atoms with E-state index in [0.29, 0.717) is 16.0 Å². The van der Waals surface area contributed by atoms with Crippen LogP contribution in [0.3, 0.4) is 0 Å². The Morgan fingerprint density at radius 3 is 2.59 bits per heavy atom. The summed E-state index contributed by atoms with van der Waals surface area (Å²) in [5.74, 6) is 0.631. The van der Waals surface area contributed by atoms with Gasteiger partial charge in [0.25, 0.3) is 0 Å². The molecule has 4 N–H and O–H groups in total. The Hall–Kier alpha value is -2.16. The molecule has 2 heterocycles. The molecule has 2 rings (SSSR count). The smallest absolute Gasteiger partial charge is 0.320 e. The monoisotopic (exact) mass is 323 g/mol. The van der Waals surface area contributed by atoms with Crippen LogP contribution in [0.2, 0.25) is 0 Å². The number of hydrogen-bond donors (Lipinski definition) is 3. The Bertz CT molecular complexity index is 670. The predicted molar refractivity (Wildman–Crippen MR) is 86.8 cm³/mol. The van der Waals surface area contributed by atoms with Gasteiger partial charge < -0.3 is 11.1 Å². The van der Waals surface area contributed by atoms with Gasteiger partial charge in [-0.15, -0.1) is 10.2 Å². The molecule has 0 bridgehead atoms. The Labute approximate surface area is 133 Å². The molecule has 2 aromatic rings. The lowest BCUT2D eigenvalue weighted by molar-refractivity contribution is 0.249. The molecule has 120 valence electrons. The van der Waals surface area contributed by atoms with Gasteiger partial charge in [0.1, 0.15) is 10.8 Å². The Morgan fingerprint density at radius 1 is 1.41 bits per heavy atom. The van der Waals surface area contributed by atoms with E-state index < -0.39 is 0 Å². The van der Waals surface area contributed by atoms with Crippen LogP contribution in [0.1, 0.15) is 44.4 Å². The zero-order chi connectivity index (χ0) is 16.5. The molecule has 0 aromatic carbocycles. The summed E-state index contributed by atoms with van der Waals surface area (Å²) in [7, 11) is 1.79. The molecule has 8 nitrogen and oxygen atoms in total. The first-order chi connectivity index (χ1) is 10.2. The van der Waals surface area contributed by atoms with Gasteiger partial charge in [-0.25, -0.2) is 4.79 Å². The molecular formula is C13H21N7OS. The molecule has 0 saturated heterocycles. The van der Waals surface area contributed by atoms with Crippen LogP contribution in [0.25, 0.3) is 0 Å². The number of nitrogens with two attached hydrogens (primary N) is 1. The number of aryl methyl sites for hydroxylation is 1. The average molecular weight is 323 g/mol. The molecule has 2 aromatic heterocycles. The number of hydrogen-bond acceptors (Lipinski definition) is 6. The number of carbonyl (C=O) groups is 1. The summed E-state index contributed by atoms with van der Waals surface area (Å²) >= 11 is 1.25. The van der Waals surface area contributed by atoms with Crippen molar-refractivity contribution in [3.8, 4) is 0 Å². The number of carbonyl (C=O) groups excluding carboxylic acids is 1. The SMILES string of the molecule is C[C@@H](NC(=O)Nc1cc(C(C)(C)C)nn1C)c1nnc(N)s1. The number of urea groups is 1. The van der Waals surface area contributed by atoms with Crippen molar-refractivity contribution in [2.45, 2.75) is 39.2 Å². The third-order valence-electron chi connectivity index (χ3n) is 3.06. The van der Waals surface area contributed by atoms with Gasteiger partial charge in [-0.3, -0.25) is 10.00 Å². The van der Waals surface area contributed by atoms with Gasteiger partial charge in [-0.1, -0.05) is 32.1 Å². The van der Waals surface area contributed by atoms with Gasteiger partial charge >= 0.3 is 6.03 Å². The van der Waals surface area contributed by atoms with Crippen molar-refractivity contribution < 1.29 is 4.79 Å². The molecular weight excluding hydrogens is 302 g/mol.